The summed E-state index contributed by atoms with van der Waals surface area (Å²) in [4.78, 5) is 21.8. The van der Waals surface area contributed by atoms with E-state index in [1.165, 1.54) is 24.4 Å². The van der Waals surface area contributed by atoms with Gasteiger partial charge in [0, 0.05) is 6.20 Å². The second kappa shape index (κ2) is 8.81. The molecule has 3 heterocycles. The van der Waals surface area contributed by atoms with Crippen LogP contribution in [0.25, 0.3) is 5.70 Å². The summed E-state index contributed by atoms with van der Waals surface area (Å²) in [5, 5.41) is 11.5. The average molecular weight is 492 g/mol. The fourth-order valence-corrected chi connectivity index (χ4v) is 5.74. The van der Waals surface area contributed by atoms with E-state index in [9.17, 15) is 13.6 Å². The average Bonchev–Trinajstić information content (AvgIpc) is 3.11. The van der Waals surface area contributed by atoms with Crippen molar-refractivity contribution < 1.29 is 18.3 Å². The number of halogens is 2. The van der Waals surface area contributed by atoms with Gasteiger partial charge in [-0.2, -0.15) is 10.2 Å². The normalized spacial score (nSPS) is 27.8. The molecule has 1 aliphatic carbocycles. The van der Waals surface area contributed by atoms with Crippen molar-refractivity contribution in [2.45, 2.75) is 38.1 Å². The van der Waals surface area contributed by atoms with E-state index in [1.54, 1.807) is 12.3 Å². The zero-order chi connectivity index (χ0) is 25.7. The number of aromatic nitrogens is 2. The van der Waals surface area contributed by atoms with E-state index in [-0.39, 0.29) is 34.8 Å². The summed E-state index contributed by atoms with van der Waals surface area (Å²) in [6.07, 6.45) is 5.98. The molecule has 1 aromatic heterocycles. The minimum Gasteiger partial charge on any atom is -0.377 e. The van der Waals surface area contributed by atoms with Crippen LogP contribution in [-0.4, -0.2) is 35.1 Å². The molecule has 1 saturated heterocycles. The number of nitrogens with zero attached hydrogens (tertiary/aromatic N) is 4. The number of nitrogens with one attached hydrogen (secondary N) is 1. The van der Waals surface area contributed by atoms with Gasteiger partial charge >= 0.3 is 0 Å². The van der Waals surface area contributed by atoms with Gasteiger partial charge in [0.05, 0.1) is 53.5 Å². The molecule has 2 aliphatic heterocycles. The van der Waals surface area contributed by atoms with E-state index in [1.807, 2.05) is 0 Å². The van der Waals surface area contributed by atoms with Gasteiger partial charge in [-0.25, -0.2) is 13.8 Å². The van der Waals surface area contributed by atoms with Crippen LogP contribution in [0.1, 0.15) is 48.4 Å². The largest absolute Gasteiger partial charge is 0.377 e. The van der Waals surface area contributed by atoms with Crippen LogP contribution in [0, 0.1) is 23.0 Å². The number of ether oxygens (including phenoxy) is 1. The summed E-state index contributed by atoms with van der Waals surface area (Å²) >= 11 is 0. The van der Waals surface area contributed by atoms with Gasteiger partial charge in [0.15, 0.2) is 0 Å². The third-order valence-corrected chi connectivity index (χ3v) is 7.82. The van der Waals surface area contributed by atoms with Crippen LogP contribution >= 0.6 is 0 Å². The number of benzene rings is 1. The standard InChI is InChI=1S/C27H27F2N5O2/c1-15-10-21(24-19(28)6-5-7-20(24)29)34-33-16(2)27(9-8-18(15)26(27,3)4)23-12-30-11-22(32-23)25(35)31-17-13-36-14-17/h5-7,10-12,17-18H,1-2,8-9,13-14H2,3-4H3,(H,31,35)/b21-10-,34-33-/t18-,27?/m1/s1. The molecular weight excluding hydrogens is 464 g/mol. The van der Waals surface area contributed by atoms with E-state index in [0.29, 0.717) is 43.0 Å². The maximum absolute atomic E-state index is 14.6. The topological polar surface area (TPSA) is 88.8 Å². The predicted molar refractivity (Wildman–Crippen MR) is 130 cm³/mol. The summed E-state index contributed by atoms with van der Waals surface area (Å²) in [5.74, 6) is -1.90. The van der Waals surface area contributed by atoms with Gasteiger partial charge in [-0.1, -0.05) is 33.1 Å². The van der Waals surface area contributed by atoms with Crippen molar-refractivity contribution >= 4 is 11.6 Å². The summed E-state index contributed by atoms with van der Waals surface area (Å²) in [6.45, 7) is 13.6. The lowest BCUT2D eigenvalue weighted by Gasteiger charge is -2.43. The van der Waals surface area contributed by atoms with Gasteiger partial charge in [0.2, 0.25) is 0 Å². The summed E-state index contributed by atoms with van der Waals surface area (Å²) in [6, 6.07) is 3.61. The highest BCUT2D eigenvalue weighted by molar-refractivity contribution is 5.92. The van der Waals surface area contributed by atoms with Crippen LogP contribution in [0.5, 0.6) is 0 Å². The molecule has 1 unspecified atom stereocenters. The fourth-order valence-electron chi connectivity index (χ4n) is 5.74. The second-order valence-corrected chi connectivity index (χ2v) is 10.1. The Bertz CT molecular complexity index is 1310. The van der Waals surface area contributed by atoms with Gasteiger partial charge < -0.3 is 10.1 Å². The zero-order valence-electron chi connectivity index (χ0n) is 20.2. The quantitative estimate of drug-likeness (QED) is 0.642. The number of hydrogen-bond donors (Lipinski definition) is 1. The first kappa shape index (κ1) is 24.1. The maximum Gasteiger partial charge on any atom is 0.271 e. The van der Waals surface area contributed by atoms with Crippen LogP contribution < -0.4 is 5.32 Å². The van der Waals surface area contributed by atoms with Gasteiger partial charge in [-0.3, -0.25) is 9.78 Å². The van der Waals surface area contributed by atoms with Crippen molar-refractivity contribution in [1.82, 2.24) is 15.3 Å². The Kier molecular flexibility index (Phi) is 5.90. The Morgan fingerprint density at radius 1 is 1.14 bits per heavy atom. The van der Waals surface area contributed by atoms with Crippen molar-refractivity contribution in [3.05, 3.63) is 89.7 Å². The highest BCUT2D eigenvalue weighted by Gasteiger charge is 2.59. The van der Waals surface area contributed by atoms with Gasteiger partial charge in [0.1, 0.15) is 17.3 Å². The first-order valence-corrected chi connectivity index (χ1v) is 11.8. The zero-order valence-corrected chi connectivity index (χ0v) is 20.2. The molecule has 2 bridgehead atoms. The SMILES string of the molecule is C=C1/C=C(c2c(F)cccc2F)\N=N/C(=C)C2(c3cncc(C(=O)NC4COC4)n3)CC[C@H]1C2(C)C. The van der Waals surface area contributed by atoms with Gasteiger partial charge in [-0.05, 0) is 48.0 Å². The Morgan fingerprint density at radius 2 is 1.86 bits per heavy atom. The number of hydrogen-bond acceptors (Lipinski definition) is 6. The van der Waals surface area contributed by atoms with Crippen molar-refractivity contribution in [2.24, 2.45) is 21.6 Å². The molecule has 1 saturated carbocycles. The smallest absolute Gasteiger partial charge is 0.271 e. The summed E-state index contributed by atoms with van der Waals surface area (Å²) in [7, 11) is 0. The first-order chi connectivity index (χ1) is 17.1. The molecule has 186 valence electrons. The molecule has 9 heteroatoms. The molecule has 1 amide bonds. The van der Waals surface area contributed by atoms with Gasteiger partial charge in [0.25, 0.3) is 5.91 Å². The molecule has 0 radical (unpaired) electrons. The van der Waals surface area contributed by atoms with Gasteiger partial charge in [-0.15, -0.1) is 0 Å². The maximum atomic E-state index is 14.6. The third-order valence-electron chi connectivity index (χ3n) is 7.82. The van der Waals surface area contributed by atoms with E-state index in [2.05, 4.69) is 47.5 Å². The van der Waals surface area contributed by atoms with E-state index >= 15 is 0 Å². The van der Waals surface area contributed by atoms with E-state index in [4.69, 9.17) is 9.72 Å². The second-order valence-electron chi connectivity index (χ2n) is 10.1. The minimum atomic E-state index is -0.829. The molecule has 5 rings (SSSR count). The molecule has 0 spiro atoms. The summed E-state index contributed by atoms with van der Waals surface area (Å²) in [5.41, 5.74) is 0.214. The molecule has 1 aromatic carbocycles. The Hall–Kier alpha value is -3.59. The number of carbonyl (C=O) groups excluding carboxylic acids is 1. The molecule has 7 nitrogen and oxygen atoms in total. The van der Waals surface area contributed by atoms with Crippen LogP contribution in [0.15, 0.2) is 71.3 Å². The van der Waals surface area contributed by atoms with E-state index in [0.717, 1.165) is 0 Å². The Morgan fingerprint density at radius 3 is 2.53 bits per heavy atom. The number of rotatable bonds is 4. The number of azo groups is 1. The Balaban J connectivity index is 1.59. The number of allylic oxidation sites excluding steroid dienone is 3. The lowest BCUT2D eigenvalue weighted by molar-refractivity contribution is -0.00356. The molecule has 2 atom stereocenters. The number of amides is 1. The van der Waals surface area contributed by atoms with Crippen LogP contribution in [-0.2, 0) is 10.2 Å². The molecule has 1 N–H and O–H groups in total. The molecular formula is C27H27F2N5O2. The van der Waals surface area contributed by atoms with Crippen LogP contribution in [0.4, 0.5) is 8.78 Å². The molecule has 3 aliphatic rings. The summed E-state index contributed by atoms with van der Waals surface area (Å²) < 4.78 is 34.4. The number of carbonyl (C=O) groups is 1. The lowest BCUT2D eigenvalue weighted by atomic mass is 9.60. The highest BCUT2D eigenvalue weighted by Crippen LogP contribution is 2.62. The van der Waals surface area contributed by atoms with Crippen molar-refractivity contribution in [3.63, 3.8) is 0 Å². The third kappa shape index (κ3) is 3.69. The first-order valence-electron chi connectivity index (χ1n) is 11.8. The predicted octanol–water partition coefficient (Wildman–Crippen LogP) is 5.13. The molecule has 2 fully saturated rings. The Labute approximate surface area is 208 Å². The highest BCUT2D eigenvalue weighted by atomic mass is 19.1. The lowest BCUT2D eigenvalue weighted by Crippen LogP contribution is -2.49. The number of fused-ring (bicyclic) bond motifs is 2. The minimum absolute atomic E-state index is 0.0391. The van der Waals surface area contributed by atoms with Crippen LogP contribution in [0.3, 0.4) is 0 Å². The fraction of sp³-hybridized carbons (Fsp3) is 0.370. The van der Waals surface area contributed by atoms with Crippen LogP contribution in [0.2, 0.25) is 0 Å². The van der Waals surface area contributed by atoms with Crippen molar-refractivity contribution in [2.75, 3.05) is 13.2 Å². The van der Waals surface area contributed by atoms with E-state index < -0.39 is 22.5 Å². The van der Waals surface area contributed by atoms with Crippen molar-refractivity contribution in [1.29, 1.82) is 0 Å². The molecule has 2 aromatic rings. The molecule has 36 heavy (non-hydrogen) atoms. The van der Waals surface area contributed by atoms with Crippen molar-refractivity contribution in [3.8, 4) is 0 Å². The monoisotopic (exact) mass is 491 g/mol.